The van der Waals surface area contributed by atoms with Crippen molar-refractivity contribution in [3.8, 4) is 0 Å². The molecule has 0 radical (unpaired) electrons. The number of ether oxygens (including phenoxy) is 2. The minimum atomic E-state index is -4.39. The Balaban J connectivity index is 3.70. The molecule has 9 nitrogen and oxygen atoms in total. The van der Waals surface area contributed by atoms with Gasteiger partial charge in [0.15, 0.2) is 6.10 Å². The first-order valence-electron chi connectivity index (χ1n) is 34.0. The topological polar surface area (TPSA) is 134 Å². The Kier molecular flexibility index (Phi) is 62.9. The summed E-state index contributed by atoms with van der Waals surface area (Å²) in [6.07, 6.45) is 79.8. The Morgan fingerprint density at radius 3 is 1.00 bits per heavy atom. The number of allylic oxidation sites excluding steroid dienone is 6. The minimum absolute atomic E-state index is 0.0524. The van der Waals surface area contributed by atoms with E-state index < -0.39 is 26.5 Å². The number of hydrogen-bond acceptors (Lipinski definition) is 8. The van der Waals surface area contributed by atoms with Crippen LogP contribution >= 0.6 is 7.82 Å². The molecule has 0 heterocycles. The second-order valence-electron chi connectivity index (χ2n) is 23.0. The van der Waals surface area contributed by atoms with Crippen LogP contribution in [0.1, 0.15) is 354 Å². The second kappa shape index (κ2) is 64.4. The molecule has 0 aromatic carbocycles. The van der Waals surface area contributed by atoms with E-state index in [2.05, 4.69) is 50.3 Å². The zero-order chi connectivity index (χ0) is 56.6. The number of carbonyl (C=O) groups is 2. The predicted octanol–water partition coefficient (Wildman–Crippen LogP) is 21.9. The van der Waals surface area contributed by atoms with Gasteiger partial charge in [0.2, 0.25) is 0 Å². The summed E-state index contributed by atoms with van der Waals surface area (Å²) in [6, 6.07) is 0. The number of phosphoric ester groups is 1. The van der Waals surface area contributed by atoms with Gasteiger partial charge in [-0.1, -0.05) is 307 Å². The molecule has 0 aromatic heterocycles. The van der Waals surface area contributed by atoms with Crippen LogP contribution in [0.2, 0.25) is 0 Å². The quantitative estimate of drug-likeness (QED) is 0.0264. The lowest BCUT2D eigenvalue weighted by Crippen LogP contribution is -2.29. The molecule has 10 heteroatoms. The van der Waals surface area contributed by atoms with Gasteiger partial charge in [-0.2, -0.15) is 0 Å². The molecule has 0 fully saturated rings. The molecular weight excluding hydrogens is 990 g/mol. The van der Waals surface area contributed by atoms with Crippen LogP contribution in [0.3, 0.4) is 0 Å². The molecule has 0 spiro atoms. The number of esters is 2. The largest absolute Gasteiger partial charge is 0.472 e. The van der Waals surface area contributed by atoms with Crippen molar-refractivity contribution in [1.29, 1.82) is 0 Å². The van der Waals surface area contributed by atoms with Crippen molar-refractivity contribution < 1.29 is 37.6 Å². The molecule has 0 saturated carbocycles. The Bertz CT molecular complexity index is 1370. The second-order valence-corrected chi connectivity index (χ2v) is 24.5. The van der Waals surface area contributed by atoms with E-state index in [1.54, 1.807) is 0 Å². The smallest absolute Gasteiger partial charge is 0.462 e. The lowest BCUT2D eigenvalue weighted by atomic mass is 10.0. The summed E-state index contributed by atoms with van der Waals surface area (Å²) >= 11 is 0. The van der Waals surface area contributed by atoms with Gasteiger partial charge in [0, 0.05) is 19.4 Å². The Morgan fingerprint density at radius 1 is 0.385 bits per heavy atom. The summed E-state index contributed by atoms with van der Waals surface area (Å²) in [6.45, 7) is 3.76. The highest BCUT2D eigenvalue weighted by Crippen LogP contribution is 2.43. The molecule has 3 N–H and O–H groups in total. The Hall–Kier alpha value is -1.77. The van der Waals surface area contributed by atoms with Crippen molar-refractivity contribution >= 4 is 19.8 Å². The van der Waals surface area contributed by atoms with Gasteiger partial charge in [0.25, 0.3) is 0 Å². The molecule has 0 aliphatic heterocycles. The minimum Gasteiger partial charge on any atom is -0.462 e. The lowest BCUT2D eigenvalue weighted by molar-refractivity contribution is -0.161. The fourth-order valence-electron chi connectivity index (χ4n) is 10.2. The van der Waals surface area contributed by atoms with Crippen LogP contribution in [0, 0.1) is 0 Å². The monoisotopic (exact) mass is 1120 g/mol. The number of hydrogen-bond donors (Lipinski definition) is 2. The van der Waals surface area contributed by atoms with Gasteiger partial charge >= 0.3 is 19.8 Å². The van der Waals surface area contributed by atoms with Gasteiger partial charge < -0.3 is 20.1 Å². The maximum atomic E-state index is 12.7. The summed E-state index contributed by atoms with van der Waals surface area (Å²) in [7, 11) is -4.39. The molecule has 0 aliphatic carbocycles. The van der Waals surface area contributed by atoms with Gasteiger partial charge in [-0.05, 0) is 70.6 Å². The average molecular weight is 1120 g/mol. The maximum absolute atomic E-state index is 12.7. The summed E-state index contributed by atoms with van der Waals surface area (Å²) in [5.41, 5.74) is 5.38. The fraction of sp³-hybridized carbons (Fsp3) is 0.882. The Labute approximate surface area is 484 Å². The van der Waals surface area contributed by atoms with Crippen molar-refractivity contribution in [2.24, 2.45) is 5.73 Å². The molecule has 0 bridgehead atoms. The highest BCUT2D eigenvalue weighted by Gasteiger charge is 2.26. The molecule has 0 rings (SSSR count). The van der Waals surface area contributed by atoms with E-state index in [1.807, 2.05) is 0 Å². The molecule has 2 unspecified atom stereocenters. The summed E-state index contributed by atoms with van der Waals surface area (Å²) < 4.78 is 33.0. The normalized spacial score (nSPS) is 13.1. The van der Waals surface area contributed by atoms with Gasteiger partial charge in [-0.15, -0.1) is 0 Å². The van der Waals surface area contributed by atoms with Gasteiger partial charge in [-0.25, -0.2) is 4.57 Å². The van der Waals surface area contributed by atoms with Crippen LogP contribution < -0.4 is 5.73 Å². The van der Waals surface area contributed by atoms with Crippen LogP contribution in [0.4, 0.5) is 0 Å². The zero-order valence-electron chi connectivity index (χ0n) is 51.7. The highest BCUT2D eigenvalue weighted by atomic mass is 31.2. The first-order valence-corrected chi connectivity index (χ1v) is 35.5. The van der Waals surface area contributed by atoms with E-state index in [0.29, 0.717) is 6.42 Å². The molecule has 78 heavy (non-hydrogen) atoms. The number of rotatable bonds is 65. The summed E-state index contributed by atoms with van der Waals surface area (Å²) in [5.74, 6) is -0.828. The highest BCUT2D eigenvalue weighted by molar-refractivity contribution is 7.47. The van der Waals surface area contributed by atoms with Crippen LogP contribution in [0.5, 0.6) is 0 Å². The van der Waals surface area contributed by atoms with E-state index >= 15 is 0 Å². The average Bonchev–Trinajstić information content (AvgIpc) is 3.43. The number of nitrogens with two attached hydrogens (primary N) is 1. The van der Waals surface area contributed by atoms with Crippen molar-refractivity contribution in [3.05, 3.63) is 36.5 Å². The van der Waals surface area contributed by atoms with Gasteiger partial charge in [-0.3, -0.25) is 18.6 Å². The van der Waals surface area contributed by atoms with Crippen LogP contribution in [-0.2, 0) is 32.7 Å². The van der Waals surface area contributed by atoms with Crippen molar-refractivity contribution in [2.75, 3.05) is 26.4 Å². The maximum Gasteiger partial charge on any atom is 0.472 e. The third-order valence-corrected chi connectivity index (χ3v) is 16.2. The van der Waals surface area contributed by atoms with Crippen molar-refractivity contribution in [1.82, 2.24) is 0 Å². The van der Waals surface area contributed by atoms with Gasteiger partial charge in [0.05, 0.1) is 13.2 Å². The molecule has 2 atom stereocenters. The van der Waals surface area contributed by atoms with E-state index in [0.717, 1.165) is 57.8 Å². The standard InChI is InChI=1S/C68H130NO8P/c1-3-5-7-9-11-13-15-17-19-21-22-23-24-25-26-27-28-29-30-31-32-33-34-35-36-37-38-39-40-41-42-43-44-45-47-48-50-52-54-56-58-60-67(70)74-64-66(65-76-78(72,73)75-63-62-69)77-68(71)61-59-57-55-53-51-49-46-20-18-16-14-12-10-8-6-4-2/h14,16,20-22,46,66H,3-13,15,17-19,23-45,47-65,69H2,1-2H3,(H,72,73)/b16-14-,22-21-,46-20-. The summed E-state index contributed by atoms with van der Waals surface area (Å²) in [4.78, 5) is 35.2. The van der Waals surface area contributed by atoms with Crippen molar-refractivity contribution in [3.63, 3.8) is 0 Å². The zero-order valence-corrected chi connectivity index (χ0v) is 52.6. The third-order valence-electron chi connectivity index (χ3n) is 15.2. The van der Waals surface area contributed by atoms with E-state index in [-0.39, 0.29) is 38.6 Å². The lowest BCUT2D eigenvalue weighted by Gasteiger charge is -2.19. The molecule has 0 amide bonds. The number of phosphoric acid groups is 1. The van der Waals surface area contributed by atoms with E-state index in [1.165, 1.54) is 263 Å². The molecule has 0 aromatic rings. The van der Waals surface area contributed by atoms with Crippen molar-refractivity contribution in [2.45, 2.75) is 360 Å². The van der Waals surface area contributed by atoms with E-state index in [9.17, 15) is 19.0 Å². The molecule has 0 aliphatic rings. The molecule has 460 valence electrons. The predicted molar refractivity (Wildman–Crippen MR) is 335 cm³/mol. The fourth-order valence-corrected chi connectivity index (χ4v) is 11.0. The van der Waals surface area contributed by atoms with E-state index in [4.69, 9.17) is 24.3 Å². The van der Waals surface area contributed by atoms with Crippen LogP contribution in [0.25, 0.3) is 0 Å². The molecular formula is C68H130NO8P. The number of carbonyl (C=O) groups excluding carboxylic acids is 2. The van der Waals surface area contributed by atoms with Crippen LogP contribution in [-0.4, -0.2) is 49.3 Å². The van der Waals surface area contributed by atoms with Crippen LogP contribution in [0.15, 0.2) is 36.5 Å². The number of unbranched alkanes of at least 4 members (excludes halogenated alkanes) is 46. The first kappa shape index (κ1) is 76.2. The Morgan fingerprint density at radius 2 is 0.667 bits per heavy atom. The summed E-state index contributed by atoms with van der Waals surface area (Å²) in [5, 5.41) is 0. The first-order chi connectivity index (χ1) is 38.3. The molecule has 0 saturated heterocycles. The van der Waals surface area contributed by atoms with Gasteiger partial charge in [0.1, 0.15) is 6.61 Å². The third kappa shape index (κ3) is 63.4. The SMILES string of the molecule is CCCCCC/C=C\C/C=C\CCCCCCCC(=O)OC(COC(=O)CCCCCCCCCCCCCCCCCCCCCCCCCCCCCCC/C=C\CCCCCCCCCC)COP(=O)(O)OCCN.